The van der Waals surface area contributed by atoms with Gasteiger partial charge in [0.25, 0.3) is 0 Å². The molecule has 568 valence electrons. The van der Waals surface area contributed by atoms with Crippen LogP contribution in [-0.4, -0.2) is 226 Å². The third-order valence-corrected chi connectivity index (χ3v) is 22.0. The Bertz CT molecular complexity index is 5190. The zero-order valence-electron chi connectivity index (χ0n) is 54.0. The van der Waals surface area contributed by atoms with Crippen LogP contribution in [0.5, 0.6) is 0 Å². The van der Waals surface area contributed by atoms with Crippen molar-refractivity contribution in [2.45, 2.75) is 124 Å². The summed E-state index contributed by atoms with van der Waals surface area (Å²) in [4.78, 5) is 127. The Hall–Kier alpha value is -7.94. The van der Waals surface area contributed by atoms with Crippen LogP contribution >= 0.6 is 39.1 Å². The number of imidazole rings is 5. The van der Waals surface area contributed by atoms with E-state index >= 15 is 0 Å². The van der Waals surface area contributed by atoms with Crippen molar-refractivity contribution in [2.24, 2.45) is 0 Å². The Morgan fingerprint density at radius 2 is 0.547 bits per heavy atom. The quantitative estimate of drug-likeness (QED) is 0.0287. The standard InChI is InChI=1S/C50H62N25O26P5/c51-41-36-46(61-11-56-41)71(16-66-36)31-1-21(76)26(93-31)6-89-103(80,81)99-23-3-33(73-18-68-38-43(53)58-13-63-48(38)73)95-28(23)8-91-105(84,85)101-25-5-35(75-20-70-40-45(55)60-15-65-50(40)75)97-30(25)10-92-106(86,87)100-24-4-34(74-19-69-39-44(54)59-14-64-49(39)74)96-29(24)9-90-104(82,83)98-22-2-32(94-27(22)7-88-102(77,78)79)72-17-67-37-42(52)57-12-62-47(37)72/h11-35,76H,1-10H2,(H,80,81)(H,82,83)(H,84,85)(H,86,87)(H2,51,56,61)(H2,52,57,62)(H2,53,58,63)(H2,54,59,64)(H2,55,60,65)(H2,77,78,79)/t21-,22-,23-,24-,25-,26+,27+,28+,29+,30+,31+,32+,33+,34+,35+/m0/s1. The minimum Gasteiger partial charge on any atom is -0.390 e. The fourth-order valence-electron chi connectivity index (χ4n) is 12.6. The highest BCUT2D eigenvalue weighted by Gasteiger charge is 2.51. The van der Waals surface area contributed by atoms with Gasteiger partial charge in [0.2, 0.25) is 0 Å². The molecule has 0 radical (unpaired) electrons. The fraction of sp³-hybridized carbons (Fsp3) is 0.500. The van der Waals surface area contributed by atoms with E-state index in [1.54, 1.807) is 0 Å². The Labute approximate surface area is 590 Å². The zero-order valence-corrected chi connectivity index (χ0v) is 58.4. The fourth-order valence-corrected chi connectivity index (χ4v) is 16.8. The van der Waals surface area contributed by atoms with Crippen molar-refractivity contribution in [2.75, 3.05) is 61.7 Å². The molecule has 15 rings (SSSR count). The second-order valence-corrected chi connectivity index (χ2v) is 31.1. The van der Waals surface area contributed by atoms with Gasteiger partial charge < -0.3 is 86.8 Å². The Morgan fingerprint density at radius 1 is 0.330 bits per heavy atom. The van der Waals surface area contributed by atoms with E-state index in [1.165, 1.54) is 60.8 Å². The molecule has 0 spiro atoms. The molecule has 0 bridgehead atoms. The molecule has 4 unspecified atom stereocenters. The number of fused-ring (bicyclic) bond motifs is 5. The lowest BCUT2D eigenvalue weighted by atomic mass is 10.2. The molecule has 5 saturated heterocycles. The second-order valence-electron chi connectivity index (χ2n) is 24.2. The maximum atomic E-state index is 14.4. The van der Waals surface area contributed by atoms with Gasteiger partial charge in [0, 0.05) is 32.1 Å². The van der Waals surface area contributed by atoms with Crippen LogP contribution in [0, 0.1) is 0 Å². The zero-order chi connectivity index (χ0) is 74.4. The van der Waals surface area contributed by atoms with Crippen molar-refractivity contribution in [1.29, 1.82) is 0 Å². The number of anilines is 5. The minimum absolute atomic E-state index is 0.00112. The van der Waals surface area contributed by atoms with Gasteiger partial charge in [0.05, 0.1) is 70.8 Å². The van der Waals surface area contributed by atoms with Gasteiger partial charge in [-0.05, 0) is 0 Å². The summed E-state index contributed by atoms with van der Waals surface area (Å²) >= 11 is 0. The van der Waals surface area contributed by atoms with Gasteiger partial charge >= 0.3 is 39.1 Å². The number of aromatic nitrogens is 20. The largest absolute Gasteiger partial charge is 0.472 e. The van der Waals surface area contributed by atoms with Gasteiger partial charge in [-0.2, -0.15) is 0 Å². The molecule has 51 nitrogen and oxygen atoms in total. The number of ether oxygens (including phenoxy) is 5. The van der Waals surface area contributed by atoms with Crippen LogP contribution in [0.1, 0.15) is 63.2 Å². The number of nitrogens with zero attached hydrogens (tertiary/aromatic N) is 20. The predicted octanol–water partition coefficient (Wildman–Crippen LogP) is 0.0134. The van der Waals surface area contributed by atoms with Crippen molar-refractivity contribution in [3.05, 3.63) is 63.3 Å². The van der Waals surface area contributed by atoms with Gasteiger partial charge in [0.15, 0.2) is 57.3 Å². The van der Waals surface area contributed by atoms with Crippen LogP contribution in [0.25, 0.3) is 55.8 Å². The SMILES string of the molecule is Nc1ncnc2c1ncn2[C@H]1C[C@H](OP(=O)(O)OC[C@H]2O[C@@H](n3cnc4c(N)ncnc43)C[C@@H]2OP(=O)(O)OC[C@H]2O[C@@H](n3cnc4c(N)ncnc43)C[C@@H]2OP(=O)(O)OC[C@H]2O[C@@H](n3cnc4c(N)ncnc43)C[C@@H]2OP(=O)(O)OC[C@H]2O[C@@H](n3cnc4c(N)ncnc43)C[C@@H]2O)[C@@H](COP(=O)(O)O)O1. The average Bonchev–Trinajstić information content (AvgIpc) is 1.65. The lowest BCUT2D eigenvalue weighted by molar-refractivity contribution is -0.0631. The Kier molecular flexibility index (Phi) is 20.1. The Balaban J connectivity index is 0.641. The van der Waals surface area contributed by atoms with Crippen LogP contribution in [0.4, 0.5) is 29.1 Å². The molecular formula is C50H62N25O26P5. The Morgan fingerprint density at radius 3 is 0.792 bits per heavy atom. The van der Waals surface area contributed by atoms with Crippen molar-refractivity contribution in [3.8, 4) is 0 Å². The molecule has 56 heteroatoms. The summed E-state index contributed by atoms with van der Waals surface area (Å²) in [7, 11) is -26.6. The number of rotatable bonds is 28. The normalized spacial score (nSPS) is 28.9. The highest BCUT2D eigenvalue weighted by molar-refractivity contribution is 7.48. The number of aliphatic hydroxyl groups is 1. The van der Waals surface area contributed by atoms with E-state index in [1.807, 2.05) is 0 Å². The minimum atomic E-state index is -5.48. The molecule has 5 aliphatic rings. The van der Waals surface area contributed by atoms with Gasteiger partial charge in [-0.25, -0.2) is 97.6 Å². The maximum absolute atomic E-state index is 14.4. The van der Waals surface area contributed by atoms with Crippen molar-refractivity contribution < 1.29 is 122 Å². The first-order chi connectivity index (χ1) is 50.5. The number of nitrogen functional groups attached to an aromatic ring is 5. The first kappa shape index (κ1) is 73.6. The lowest BCUT2D eigenvalue weighted by Gasteiger charge is -2.25. The first-order valence-corrected chi connectivity index (χ1v) is 38.9. The highest BCUT2D eigenvalue weighted by atomic mass is 31.2. The summed E-state index contributed by atoms with van der Waals surface area (Å²) in [5.74, 6) is 0.0416. The van der Waals surface area contributed by atoms with Crippen LogP contribution in [0.3, 0.4) is 0 Å². The highest BCUT2D eigenvalue weighted by Crippen LogP contribution is 2.56. The van der Waals surface area contributed by atoms with E-state index in [-0.39, 0.29) is 111 Å². The third kappa shape index (κ3) is 15.4. The summed E-state index contributed by atoms with van der Waals surface area (Å²) < 4.78 is 156. The second kappa shape index (κ2) is 28.9. The molecule has 19 atom stereocenters. The number of hydrogen-bond acceptors (Lipinski definition) is 40. The molecule has 17 N–H and O–H groups in total. The van der Waals surface area contributed by atoms with Crippen molar-refractivity contribution in [3.63, 3.8) is 0 Å². The van der Waals surface area contributed by atoms with E-state index in [0.29, 0.717) is 5.65 Å². The number of hydrogen-bond donors (Lipinski definition) is 12. The molecule has 0 amide bonds. The molecular weight excluding hydrogens is 1520 g/mol. The van der Waals surface area contributed by atoms with Crippen molar-refractivity contribution >= 4 is 124 Å². The van der Waals surface area contributed by atoms with Crippen LogP contribution in [-0.2, 0) is 87.2 Å². The van der Waals surface area contributed by atoms with Crippen molar-refractivity contribution in [1.82, 2.24) is 97.6 Å². The molecule has 5 fully saturated rings. The van der Waals surface area contributed by atoms with Gasteiger partial charge in [-0.1, -0.05) is 0 Å². The summed E-state index contributed by atoms with van der Waals surface area (Å²) in [6.45, 7) is -4.44. The first-order valence-electron chi connectivity index (χ1n) is 31.4. The molecule has 106 heavy (non-hydrogen) atoms. The van der Waals surface area contributed by atoms with Crippen LogP contribution in [0.2, 0.25) is 0 Å². The molecule has 10 aromatic rings. The van der Waals surface area contributed by atoms with Gasteiger partial charge in [-0.15, -0.1) is 0 Å². The number of phosphoric acid groups is 5. The molecule has 0 aromatic carbocycles. The van der Waals surface area contributed by atoms with Crippen LogP contribution in [0.15, 0.2) is 63.3 Å². The predicted molar refractivity (Wildman–Crippen MR) is 348 cm³/mol. The number of phosphoric ester groups is 5. The van der Waals surface area contributed by atoms with Gasteiger partial charge in [-0.3, -0.25) is 63.5 Å². The smallest absolute Gasteiger partial charge is 0.390 e. The van der Waals surface area contributed by atoms with E-state index in [0.717, 1.165) is 25.3 Å². The van der Waals surface area contributed by atoms with E-state index in [2.05, 4.69) is 74.8 Å². The summed E-state index contributed by atoms with van der Waals surface area (Å²) in [6.07, 6.45) is -9.59. The molecule has 15 heterocycles. The number of aliphatic hydroxyl groups excluding tert-OH is 1. The monoisotopic (exact) mass is 1580 g/mol. The summed E-state index contributed by atoms with van der Waals surface area (Å²) in [6, 6.07) is 0. The van der Waals surface area contributed by atoms with E-state index in [9.17, 15) is 57.3 Å². The summed E-state index contributed by atoms with van der Waals surface area (Å²) in [5, 5.41) is 11.0. The molecule has 5 aliphatic heterocycles. The molecule has 10 aromatic heterocycles. The maximum Gasteiger partial charge on any atom is 0.472 e. The number of nitrogens with two attached hydrogens (primary N) is 5. The van der Waals surface area contributed by atoms with E-state index < -0.39 is 164 Å². The van der Waals surface area contributed by atoms with Gasteiger partial charge in [0.1, 0.15) is 145 Å². The van der Waals surface area contributed by atoms with E-state index in [4.69, 9.17) is 93.1 Å². The molecule has 0 aliphatic carbocycles. The lowest BCUT2D eigenvalue weighted by Crippen LogP contribution is -2.32. The average molecular weight is 1580 g/mol. The summed E-state index contributed by atoms with van der Waals surface area (Å²) in [5.41, 5.74) is 31.8. The van der Waals surface area contributed by atoms with Crippen LogP contribution < -0.4 is 28.7 Å². The third-order valence-electron chi connectivity index (χ3n) is 17.5. The topological polar surface area (TPSA) is 704 Å². The molecule has 0 saturated carbocycles.